The van der Waals surface area contributed by atoms with Gasteiger partial charge in [-0.2, -0.15) is 14.6 Å². The van der Waals surface area contributed by atoms with Crippen molar-refractivity contribution in [2.45, 2.75) is 6.92 Å². The maximum atomic E-state index is 13.4. The van der Waals surface area contributed by atoms with E-state index in [1.54, 1.807) is 42.1 Å². The molecule has 0 bridgehead atoms. The van der Waals surface area contributed by atoms with Crippen LogP contribution in [0.4, 0.5) is 5.69 Å². The fourth-order valence-corrected chi connectivity index (χ4v) is 5.37. The molecule has 0 aliphatic rings. The number of nitrogens with zero attached hydrogens (tertiary/aromatic N) is 6. The zero-order valence-corrected chi connectivity index (χ0v) is 23.7. The van der Waals surface area contributed by atoms with E-state index in [9.17, 15) is 14.9 Å². The van der Waals surface area contributed by atoms with Gasteiger partial charge in [0.05, 0.1) is 21.7 Å². The van der Waals surface area contributed by atoms with E-state index < -0.39 is 4.92 Å². The Labute approximate surface area is 248 Å². The molecule has 12 heteroatoms. The minimum atomic E-state index is -0.485. The van der Waals surface area contributed by atoms with Crippen molar-refractivity contribution in [2.24, 2.45) is 0 Å². The van der Waals surface area contributed by atoms with Gasteiger partial charge in [-0.1, -0.05) is 42.2 Å². The minimum absolute atomic E-state index is 0.171. The standard InChI is InChI=1S/C31H24N6O5S/c1-3-16-42-24-13-10-20(11-14-24)29-32-31-36(34-29)30(38)27(43-31)18-22-19-35(23-8-6-5-7-9-23)33-28(22)21-12-15-26(41-4-2)25(17-21)37(39)40/h3,5-15,17-19H,1,4,16H2,2H3. The van der Waals surface area contributed by atoms with Crippen LogP contribution in [0.1, 0.15) is 12.5 Å². The third-order valence-electron chi connectivity index (χ3n) is 6.44. The van der Waals surface area contributed by atoms with Crippen molar-refractivity contribution in [3.63, 3.8) is 0 Å². The molecule has 0 amide bonds. The molecule has 214 valence electrons. The molecule has 3 aromatic carbocycles. The number of hydrogen-bond donors (Lipinski definition) is 0. The maximum Gasteiger partial charge on any atom is 0.311 e. The molecule has 0 unspecified atom stereocenters. The number of hydrogen-bond acceptors (Lipinski definition) is 9. The van der Waals surface area contributed by atoms with Crippen molar-refractivity contribution >= 4 is 28.1 Å². The van der Waals surface area contributed by atoms with Gasteiger partial charge < -0.3 is 9.47 Å². The van der Waals surface area contributed by atoms with Crippen LogP contribution in [0.5, 0.6) is 11.5 Å². The van der Waals surface area contributed by atoms with E-state index in [1.165, 1.54) is 21.9 Å². The summed E-state index contributed by atoms with van der Waals surface area (Å²) in [5.74, 6) is 1.28. The average molecular weight is 593 g/mol. The minimum Gasteiger partial charge on any atom is -0.490 e. The van der Waals surface area contributed by atoms with Crippen LogP contribution in [0.3, 0.4) is 0 Å². The lowest BCUT2D eigenvalue weighted by molar-refractivity contribution is -0.385. The van der Waals surface area contributed by atoms with Crippen LogP contribution in [-0.4, -0.2) is 42.5 Å². The summed E-state index contributed by atoms with van der Waals surface area (Å²) in [6, 6.07) is 21.4. The van der Waals surface area contributed by atoms with Gasteiger partial charge in [-0.15, -0.1) is 5.10 Å². The largest absolute Gasteiger partial charge is 0.490 e. The smallest absolute Gasteiger partial charge is 0.311 e. The molecule has 0 saturated carbocycles. The van der Waals surface area contributed by atoms with Gasteiger partial charge in [-0.3, -0.25) is 14.9 Å². The molecule has 43 heavy (non-hydrogen) atoms. The molecule has 3 aromatic heterocycles. The van der Waals surface area contributed by atoms with Gasteiger partial charge in [0.2, 0.25) is 4.96 Å². The van der Waals surface area contributed by atoms with Crippen molar-refractivity contribution in [1.29, 1.82) is 0 Å². The summed E-state index contributed by atoms with van der Waals surface area (Å²) in [5.41, 5.74) is 2.60. The summed E-state index contributed by atoms with van der Waals surface area (Å²) in [7, 11) is 0. The summed E-state index contributed by atoms with van der Waals surface area (Å²) in [5, 5.41) is 21.0. The lowest BCUT2D eigenvalue weighted by atomic mass is 10.1. The molecule has 0 aliphatic carbocycles. The summed E-state index contributed by atoms with van der Waals surface area (Å²) >= 11 is 1.19. The normalized spacial score (nSPS) is 11.6. The zero-order chi connectivity index (χ0) is 29.9. The molecule has 3 heterocycles. The maximum absolute atomic E-state index is 13.4. The molecule has 0 atom stereocenters. The van der Waals surface area contributed by atoms with E-state index in [2.05, 4.69) is 16.7 Å². The fourth-order valence-electron chi connectivity index (χ4n) is 4.47. The first kappa shape index (κ1) is 27.5. The summed E-state index contributed by atoms with van der Waals surface area (Å²) < 4.78 is 14.3. The summed E-state index contributed by atoms with van der Waals surface area (Å²) in [6.45, 7) is 6.10. The van der Waals surface area contributed by atoms with Crippen LogP contribution in [0, 0.1) is 10.1 Å². The van der Waals surface area contributed by atoms with Crippen LogP contribution < -0.4 is 19.6 Å². The van der Waals surface area contributed by atoms with Gasteiger partial charge in [0, 0.05) is 29.0 Å². The van der Waals surface area contributed by atoms with Gasteiger partial charge in [-0.05, 0) is 61.5 Å². The SMILES string of the molecule is C=CCOc1ccc(-c2nc3sc(=Cc4cn(-c5ccccc5)nc4-c4ccc(OCC)c([N+](=O)[O-])c4)c(=O)n3n2)cc1. The van der Waals surface area contributed by atoms with Gasteiger partial charge >= 0.3 is 5.69 Å². The van der Waals surface area contributed by atoms with Crippen molar-refractivity contribution in [1.82, 2.24) is 24.4 Å². The van der Waals surface area contributed by atoms with Crippen LogP contribution >= 0.6 is 11.3 Å². The molecular weight excluding hydrogens is 568 g/mol. The van der Waals surface area contributed by atoms with Crippen molar-refractivity contribution < 1.29 is 14.4 Å². The quantitative estimate of drug-likeness (QED) is 0.122. The molecule has 0 spiro atoms. The Balaban J connectivity index is 1.43. The lowest BCUT2D eigenvalue weighted by Crippen LogP contribution is -2.23. The van der Waals surface area contributed by atoms with Crippen LogP contribution in [-0.2, 0) is 0 Å². The number of para-hydroxylation sites is 1. The molecule has 0 radical (unpaired) electrons. The Kier molecular flexibility index (Phi) is 7.50. The predicted octanol–water partition coefficient (Wildman–Crippen LogP) is 5.09. The highest BCUT2D eigenvalue weighted by atomic mass is 32.1. The lowest BCUT2D eigenvalue weighted by Gasteiger charge is -2.06. The first-order chi connectivity index (χ1) is 20.9. The summed E-state index contributed by atoms with van der Waals surface area (Å²) in [6.07, 6.45) is 5.16. The van der Waals surface area contributed by atoms with Crippen molar-refractivity contribution in [3.8, 4) is 39.8 Å². The first-order valence-electron chi connectivity index (χ1n) is 13.3. The molecule has 6 rings (SSSR count). The van der Waals surface area contributed by atoms with E-state index in [4.69, 9.17) is 14.6 Å². The second-order valence-corrected chi connectivity index (χ2v) is 10.3. The molecule has 0 N–H and O–H groups in total. The van der Waals surface area contributed by atoms with E-state index in [1.807, 2.05) is 54.6 Å². The van der Waals surface area contributed by atoms with Crippen molar-refractivity contribution in [3.05, 3.63) is 122 Å². The average Bonchev–Trinajstić information content (AvgIpc) is 3.72. The Morgan fingerprint density at radius 3 is 2.49 bits per heavy atom. The van der Waals surface area contributed by atoms with Gasteiger partial charge in [0.1, 0.15) is 18.1 Å². The number of rotatable bonds is 10. The number of fused-ring (bicyclic) bond motifs is 1. The molecule has 0 fully saturated rings. The first-order valence-corrected chi connectivity index (χ1v) is 14.1. The van der Waals surface area contributed by atoms with E-state index in [-0.39, 0.29) is 17.0 Å². The molecule has 0 aliphatic heterocycles. The number of nitro benzene ring substituents is 1. The number of ether oxygens (including phenoxy) is 2. The Morgan fingerprint density at radius 2 is 1.79 bits per heavy atom. The Morgan fingerprint density at radius 1 is 1.02 bits per heavy atom. The van der Waals surface area contributed by atoms with E-state index in [0.717, 1.165) is 11.3 Å². The third kappa shape index (κ3) is 5.51. The Hall–Kier alpha value is -5.62. The highest BCUT2D eigenvalue weighted by molar-refractivity contribution is 7.15. The van der Waals surface area contributed by atoms with Crippen LogP contribution in [0.25, 0.3) is 39.4 Å². The topological polar surface area (TPSA) is 127 Å². The number of nitro groups is 1. The molecular formula is C31H24N6O5S. The highest BCUT2D eigenvalue weighted by Gasteiger charge is 2.20. The highest BCUT2D eigenvalue weighted by Crippen LogP contribution is 2.34. The number of thiazole rings is 1. The van der Waals surface area contributed by atoms with Gasteiger partial charge in [0.15, 0.2) is 11.6 Å². The molecule has 6 aromatic rings. The van der Waals surface area contributed by atoms with Crippen molar-refractivity contribution in [2.75, 3.05) is 13.2 Å². The molecule has 0 saturated heterocycles. The van der Waals surface area contributed by atoms with Gasteiger partial charge in [0.25, 0.3) is 5.56 Å². The van der Waals surface area contributed by atoms with Gasteiger partial charge in [-0.25, -0.2) is 4.68 Å². The second-order valence-electron chi connectivity index (χ2n) is 9.26. The number of benzene rings is 3. The van der Waals surface area contributed by atoms with Crippen LogP contribution in [0.15, 0.2) is 96.4 Å². The van der Waals surface area contributed by atoms with Crippen LogP contribution in [0.2, 0.25) is 0 Å². The zero-order valence-electron chi connectivity index (χ0n) is 22.9. The van der Waals surface area contributed by atoms with E-state index >= 15 is 0 Å². The number of aromatic nitrogens is 5. The fraction of sp³-hybridized carbons (Fsp3) is 0.0968. The predicted molar refractivity (Wildman–Crippen MR) is 164 cm³/mol. The van der Waals surface area contributed by atoms with E-state index in [0.29, 0.717) is 51.1 Å². The summed E-state index contributed by atoms with van der Waals surface area (Å²) in [4.78, 5) is 29.7. The molecule has 11 nitrogen and oxygen atoms in total. The third-order valence-corrected chi connectivity index (χ3v) is 7.40. The second kappa shape index (κ2) is 11.7. The Bertz CT molecular complexity index is 2070. The monoisotopic (exact) mass is 592 g/mol.